The van der Waals surface area contributed by atoms with Gasteiger partial charge in [-0.25, -0.2) is 0 Å². The summed E-state index contributed by atoms with van der Waals surface area (Å²) in [5.41, 5.74) is 1.75. The number of ether oxygens (including phenoxy) is 2. The van der Waals surface area contributed by atoms with Crippen molar-refractivity contribution in [2.45, 2.75) is 6.61 Å². The average Bonchev–Trinajstić information content (AvgIpc) is 3.33. The van der Waals surface area contributed by atoms with Gasteiger partial charge in [0.15, 0.2) is 15.8 Å². The van der Waals surface area contributed by atoms with E-state index in [1.165, 1.54) is 31.4 Å². The number of thiocarbonyl (C=S) groups is 1. The summed E-state index contributed by atoms with van der Waals surface area (Å²) in [5, 5.41) is 12.5. The third kappa shape index (κ3) is 4.51. The lowest BCUT2D eigenvalue weighted by Gasteiger charge is -2.23. The highest BCUT2D eigenvalue weighted by atomic mass is 32.2. The minimum absolute atomic E-state index is 0.0101. The number of nitro groups is 1. The number of nitrogens with zero attached hydrogens (tertiary/aromatic N) is 3. The summed E-state index contributed by atoms with van der Waals surface area (Å²) in [6.07, 6.45) is 1.58. The van der Waals surface area contributed by atoms with Gasteiger partial charge in [0, 0.05) is 12.1 Å². The van der Waals surface area contributed by atoms with Gasteiger partial charge in [0.1, 0.15) is 6.61 Å². The van der Waals surface area contributed by atoms with Gasteiger partial charge in [-0.1, -0.05) is 30.0 Å². The Hall–Kier alpha value is -4.55. The van der Waals surface area contributed by atoms with Gasteiger partial charge in [0.2, 0.25) is 0 Å². The Balaban J connectivity index is 1.33. The second-order valence-electron chi connectivity index (χ2n) is 8.08. The summed E-state index contributed by atoms with van der Waals surface area (Å²) in [4.78, 5) is 49.5. The number of hydrogen-bond donors (Lipinski definition) is 0. The first-order chi connectivity index (χ1) is 18.3. The monoisotopic (exact) mass is 547 g/mol. The van der Waals surface area contributed by atoms with Crippen molar-refractivity contribution in [1.29, 1.82) is 0 Å². The van der Waals surface area contributed by atoms with Crippen LogP contribution >= 0.6 is 24.0 Å². The standard InChI is InChI=1S/C26H17N3O7S2/c1-35-21-12-16(8-11-20(21)36-14-15-6-9-17(10-7-15)29(33)34)13-22-25(32)28(26(37)38-22)27-23(30)18-4-2-3-5-19(18)24(27)31/h2-13H,14H2,1H3. The van der Waals surface area contributed by atoms with Crippen LogP contribution in [0.4, 0.5) is 5.69 Å². The summed E-state index contributed by atoms with van der Waals surface area (Å²) in [6.45, 7) is 0.159. The van der Waals surface area contributed by atoms with Gasteiger partial charge in [-0.3, -0.25) is 24.5 Å². The first-order valence-electron chi connectivity index (χ1n) is 11.1. The van der Waals surface area contributed by atoms with Gasteiger partial charge in [-0.2, -0.15) is 10.0 Å². The van der Waals surface area contributed by atoms with Crippen molar-refractivity contribution in [3.63, 3.8) is 0 Å². The van der Waals surface area contributed by atoms with Gasteiger partial charge in [-0.15, -0.1) is 0 Å². The minimum atomic E-state index is -0.612. The molecular formula is C26H17N3O7S2. The molecule has 3 amide bonds. The quantitative estimate of drug-likeness (QED) is 0.137. The van der Waals surface area contributed by atoms with Crippen LogP contribution in [-0.4, -0.2) is 44.1 Å². The number of carbonyl (C=O) groups is 3. The molecule has 5 rings (SSSR count). The summed E-state index contributed by atoms with van der Waals surface area (Å²) >= 11 is 6.31. The molecule has 10 nitrogen and oxygen atoms in total. The summed E-state index contributed by atoms with van der Waals surface area (Å²) in [5.74, 6) is -0.983. The van der Waals surface area contributed by atoms with E-state index in [9.17, 15) is 24.5 Å². The molecule has 1 saturated heterocycles. The van der Waals surface area contributed by atoms with Gasteiger partial charge < -0.3 is 9.47 Å². The maximum atomic E-state index is 13.2. The molecule has 38 heavy (non-hydrogen) atoms. The normalized spacial score (nSPS) is 15.9. The fourth-order valence-electron chi connectivity index (χ4n) is 3.91. The molecule has 0 radical (unpaired) electrons. The molecule has 0 saturated carbocycles. The van der Waals surface area contributed by atoms with Gasteiger partial charge >= 0.3 is 0 Å². The van der Waals surface area contributed by atoms with Gasteiger partial charge in [0.25, 0.3) is 23.4 Å². The Morgan fingerprint density at radius 1 is 0.921 bits per heavy atom. The topological polar surface area (TPSA) is 119 Å². The first kappa shape index (κ1) is 25.1. The first-order valence-corrected chi connectivity index (χ1v) is 12.3. The zero-order valence-electron chi connectivity index (χ0n) is 19.7. The van der Waals surface area contributed by atoms with Crippen molar-refractivity contribution in [3.8, 4) is 11.5 Å². The van der Waals surface area contributed by atoms with Crippen LogP contribution in [0.25, 0.3) is 6.08 Å². The predicted octanol–water partition coefficient (Wildman–Crippen LogP) is 4.59. The second kappa shape index (κ2) is 10.1. The van der Waals surface area contributed by atoms with Crippen molar-refractivity contribution in [2.75, 3.05) is 7.11 Å². The van der Waals surface area contributed by atoms with Crippen molar-refractivity contribution in [1.82, 2.24) is 10.0 Å². The van der Waals surface area contributed by atoms with E-state index in [0.29, 0.717) is 17.1 Å². The molecule has 3 aromatic carbocycles. The molecule has 0 aromatic heterocycles. The molecule has 0 aliphatic carbocycles. The van der Waals surface area contributed by atoms with Crippen molar-refractivity contribution < 1.29 is 28.8 Å². The molecule has 0 bridgehead atoms. The van der Waals surface area contributed by atoms with E-state index in [4.69, 9.17) is 21.7 Å². The molecule has 2 aliphatic heterocycles. The number of amides is 3. The fraction of sp³-hybridized carbons (Fsp3) is 0.0769. The van der Waals surface area contributed by atoms with E-state index in [2.05, 4.69) is 0 Å². The van der Waals surface area contributed by atoms with E-state index in [1.807, 2.05) is 0 Å². The predicted molar refractivity (Wildman–Crippen MR) is 142 cm³/mol. The van der Waals surface area contributed by atoms with E-state index in [0.717, 1.165) is 27.3 Å². The van der Waals surface area contributed by atoms with E-state index >= 15 is 0 Å². The average molecular weight is 548 g/mol. The fourth-order valence-corrected chi connectivity index (χ4v) is 5.15. The Kier molecular flexibility index (Phi) is 6.66. The van der Waals surface area contributed by atoms with Crippen molar-refractivity contribution in [3.05, 3.63) is 104 Å². The number of nitro benzene ring substituents is 1. The van der Waals surface area contributed by atoms with Crippen LogP contribution in [0.3, 0.4) is 0 Å². The number of non-ortho nitro benzene ring substituents is 1. The number of benzene rings is 3. The molecule has 3 aromatic rings. The molecule has 2 aliphatic rings. The third-order valence-corrected chi connectivity index (χ3v) is 7.06. The van der Waals surface area contributed by atoms with Crippen molar-refractivity contribution in [2.24, 2.45) is 0 Å². The highest BCUT2D eigenvalue weighted by Gasteiger charge is 2.46. The van der Waals surface area contributed by atoms with Crippen LogP contribution in [0.5, 0.6) is 11.5 Å². The number of hydrogen-bond acceptors (Lipinski definition) is 9. The Morgan fingerprint density at radius 2 is 1.58 bits per heavy atom. The summed E-state index contributed by atoms with van der Waals surface area (Å²) < 4.78 is 11.3. The summed E-state index contributed by atoms with van der Waals surface area (Å²) in [7, 11) is 1.47. The number of fused-ring (bicyclic) bond motifs is 1. The van der Waals surface area contributed by atoms with Crippen LogP contribution in [0.2, 0.25) is 0 Å². The Bertz CT molecular complexity index is 1520. The van der Waals surface area contributed by atoms with Gasteiger partial charge in [-0.05, 0) is 65.8 Å². The molecule has 0 atom stereocenters. The lowest BCUT2D eigenvalue weighted by Crippen LogP contribution is -2.48. The molecule has 1 fully saturated rings. The number of thioether (sulfide) groups is 1. The van der Waals surface area contributed by atoms with Crippen LogP contribution in [0, 0.1) is 10.1 Å². The molecule has 0 N–H and O–H groups in total. The lowest BCUT2D eigenvalue weighted by atomic mass is 10.1. The maximum absolute atomic E-state index is 13.2. The molecule has 0 unspecified atom stereocenters. The number of imide groups is 1. The molecule has 190 valence electrons. The minimum Gasteiger partial charge on any atom is -0.493 e. The number of rotatable bonds is 7. The highest BCUT2D eigenvalue weighted by molar-refractivity contribution is 8.26. The molecular weight excluding hydrogens is 530 g/mol. The number of carbonyl (C=O) groups excluding carboxylic acids is 3. The maximum Gasteiger partial charge on any atom is 0.285 e. The third-order valence-electron chi connectivity index (χ3n) is 5.77. The molecule has 2 heterocycles. The van der Waals surface area contributed by atoms with Crippen molar-refractivity contribution >= 4 is 57.8 Å². The highest BCUT2D eigenvalue weighted by Crippen LogP contribution is 2.38. The van der Waals surface area contributed by atoms with Crippen LogP contribution in [0.1, 0.15) is 31.8 Å². The second-order valence-corrected chi connectivity index (χ2v) is 9.76. The van der Waals surface area contributed by atoms with Crippen LogP contribution < -0.4 is 9.47 Å². The van der Waals surface area contributed by atoms with E-state index in [1.54, 1.807) is 48.5 Å². The van der Waals surface area contributed by atoms with E-state index in [-0.39, 0.29) is 32.6 Å². The Labute approximate surface area is 225 Å². The number of hydrazine groups is 1. The largest absolute Gasteiger partial charge is 0.493 e. The Morgan fingerprint density at radius 3 is 2.18 bits per heavy atom. The SMILES string of the molecule is COc1cc(C=C2SC(=S)N(N3C(=O)c4ccccc4C3=O)C2=O)ccc1OCc1ccc([N+](=O)[O-])cc1. The molecule has 0 spiro atoms. The zero-order valence-corrected chi connectivity index (χ0v) is 21.3. The summed E-state index contributed by atoms with van der Waals surface area (Å²) in [6, 6.07) is 17.4. The smallest absolute Gasteiger partial charge is 0.285 e. The van der Waals surface area contributed by atoms with E-state index < -0.39 is 22.6 Å². The lowest BCUT2D eigenvalue weighted by molar-refractivity contribution is -0.384. The van der Waals surface area contributed by atoms with Crippen LogP contribution in [-0.2, 0) is 11.4 Å². The van der Waals surface area contributed by atoms with Gasteiger partial charge in [0.05, 0.1) is 28.1 Å². The zero-order chi connectivity index (χ0) is 27.0. The van der Waals surface area contributed by atoms with Crippen LogP contribution in [0.15, 0.2) is 71.6 Å². The molecule has 12 heteroatoms. The number of methoxy groups -OCH3 is 1.